The van der Waals surface area contributed by atoms with Crippen molar-refractivity contribution in [2.75, 3.05) is 31.6 Å². The van der Waals surface area contributed by atoms with Gasteiger partial charge in [-0.05, 0) is 25.5 Å². The van der Waals surface area contributed by atoms with Gasteiger partial charge in [-0.2, -0.15) is 0 Å². The van der Waals surface area contributed by atoms with E-state index in [1.54, 1.807) is 23.2 Å². The fraction of sp³-hybridized carbons (Fsp3) is 0.462. The van der Waals surface area contributed by atoms with Gasteiger partial charge in [0.2, 0.25) is 5.91 Å². The molecule has 1 amide bonds. The Bertz CT molecular complexity index is 456. The lowest BCUT2D eigenvalue weighted by atomic mass is 10.2. The smallest absolute Gasteiger partial charge is 0.241 e. The predicted octanol–water partition coefficient (Wildman–Crippen LogP) is 0.953. The first kappa shape index (κ1) is 12.5. The lowest BCUT2D eigenvalue weighted by molar-refractivity contribution is -0.127. The third-order valence-electron chi connectivity index (χ3n) is 3.15. The number of likely N-dealkylation sites (N-methyl/N-ethyl adjacent to an activating group) is 1. The summed E-state index contributed by atoms with van der Waals surface area (Å²) in [5, 5.41) is 0. The van der Waals surface area contributed by atoms with Gasteiger partial charge in [0.25, 0.3) is 0 Å². The van der Waals surface area contributed by atoms with E-state index in [-0.39, 0.29) is 11.7 Å². The molecule has 2 rings (SSSR count). The van der Waals surface area contributed by atoms with Crippen LogP contribution in [0.5, 0.6) is 0 Å². The zero-order valence-corrected chi connectivity index (χ0v) is 10.7. The number of hydrogen-bond donors (Lipinski definition) is 0. The summed E-state index contributed by atoms with van der Waals surface area (Å²) < 4.78 is 0. The molecule has 96 valence electrons. The normalized spacial score (nSPS) is 16.7. The highest BCUT2D eigenvalue weighted by atomic mass is 16.2. The summed E-state index contributed by atoms with van der Waals surface area (Å²) in [7, 11) is 1.82. The highest BCUT2D eigenvalue weighted by molar-refractivity contribution is 5.93. The Labute approximate surface area is 106 Å². The Hall–Kier alpha value is -1.91. The van der Waals surface area contributed by atoms with Crippen LogP contribution in [0.15, 0.2) is 18.3 Å². The summed E-state index contributed by atoms with van der Waals surface area (Å²) >= 11 is 0. The molecule has 18 heavy (non-hydrogen) atoms. The number of anilines is 1. The second-order valence-electron chi connectivity index (χ2n) is 4.55. The molecule has 1 aliphatic rings. The van der Waals surface area contributed by atoms with Gasteiger partial charge in [-0.3, -0.25) is 9.59 Å². The molecule has 1 fully saturated rings. The fourth-order valence-electron chi connectivity index (χ4n) is 1.96. The summed E-state index contributed by atoms with van der Waals surface area (Å²) in [6.45, 7) is 3.45. The van der Waals surface area contributed by atoms with Gasteiger partial charge in [-0.15, -0.1) is 0 Å². The van der Waals surface area contributed by atoms with Crippen molar-refractivity contribution in [3.05, 3.63) is 23.9 Å². The third kappa shape index (κ3) is 2.67. The summed E-state index contributed by atoms with van der Waals surface area (Å²) in [5.41, 5.74) is 0.594. The maximum atomic E-state index is 11.8. The Balaban J connectivity index is 2.15. The van der Waals surface area contributed by atoms with Crippen molar-refractivity contribution in [2.45, 2.75) is 13.3 Å². The molecule has 0 spiro atoms. The quantitative estimate of drug-likeness (QED) is 0.730. The maximum Gasteiger partial charge on any atom is 0.241 e. The van der Waals surface area contributed by atoms with Crippen LogP contribution >= 0.6 is 0 Å². The lowest BCUT2D eigenvalue weighted by Crippen LogP contribution is -2.34. The number of hydrogen-bond acceptors (Lipinski definition) is 4. The number of carbonyl (C=O) groups is 2. The molecule has 0 bridgehead atoms. The molecule has 0 aromatic carbocycles. The van der Waals surface area contributed by atoms with Gasteiger partial charge in [0.1, 0.15) is 5.82 Å². The second kappa shape index (κ2) is 5.16. The zero-order valence-electron chi connectivity index (χ0n) is 10.7. The van der Waals surface area contributed by atoms with E-state index in [1.165, 1.54) is 6.92 Å². The van der Waals surface area contributed by atoms with Gasteiger partial charge >= 0.3 is 0 Å². The first-order valence-corrected chi connectivity index (χ1v) is 6.04. The van der Waals surface area contributed by atoms with Crippen molar-refractivity contribution < 1.29 is 9.59 Å². The van der Waals surface area contributed by atoms with E-state index >= 15 is 0 Å². The monoisotopic (exact) mass is 247 g/mol. The number of nitrogens with zero attached hydrogens (tertiary/aromatic N) is 3. The van der Waals surface area contributed by atoms with Crippen LogP contribution in [0.1, 0.15) is 23.7 Å². The molecule has 1 aromatic rings. The van der Waals surface area contributed by atoms with E-state index in [4.69, 9.17) is 0 Å². The third-order valence-corrected chi connectivity index (χ3v) is 3.15. The van der Waals surface area contributed by atoms with E-state index in [0.717, 1.165) is 25.3 Å². The van der Waals surface area contributed by atoms with Crippen LogP contribution in [0.3, 0.4) is 0 Å². The summed E-state index contributed by atoms with van der Waals surface area (Å²) in [5.74, 6) is 0.856. The summed E-state index contributed by atoms with van der Waals surface area (Å²) in [6.07, 6.45) is 2.50. The van der Waals surface area contributed by atoms with Gasteiger partial charge in [-0.1, -0.05) is 0 Å². The van der Waals surface area contributed by atoms with Crippen molar-refractivity contribution in [1.29, 1.82) is 0 Å². The lowest BCUT2D eigenvalue weighted by Gasteiger charge is -2.20. The fourth-order valence-corrected chi connectivity index (χ4v) is 1.96. The number of ketones is 1. The summed E-state index contributed by atoms with van der Waals surface area (Å²) in [6, 6.07) is 3.55. The van der Waals surface area contributed by atoms with Crippen LogP contribution < -0.4 is 4.90 Å². The molecule has 0 atom stereocenters. The zero-order chi connectivity index (χ0) is 13.1. The topological polar surface area (TPSA) is 53.5 Å². The van der Waals surface area contributed by atoms with Crippen LogP contribution in [-0.4, -0.2) is 48.3 Å². The van der Waals surface area contributed by atoms with E-state index in [2.05, 4.69) is 4.98 Å². The summed E-state index contributed by atoms with van der Waals surface area (Å²) in [4.78, 5) is 30.9. The van der Waals surface area contributed by atoms with E-state index in [1.807, 2.05) is 11.9 Å². The van der Waals surface area contributed by atoms with Crippen molar-refractivity contribution in [1.82, 2.24) is 9.88 Å². The highest BCUT2D eigenvalue weighted by Gasteiger charge is 2.19. The number of pyridine rings is 1. The number of aromatic nitrogens is 1. The molecule has 0 saturated carbocycles. The Morgan fingerprint density at radius 2 is 2.11 bits per heavy atom. The minimum absolute atomic E-state index is 0.000672. The molecule has 1 saturated heterocycles. The first-order chi connectivity index (χ1) is 8.58. The number of Topliss-reactive ketones (excluding diaryl/α,β-unsaturated/α-hetero) is 1. The van der Waals surface area contributed by atoms with Gasteiger partial charge in [0.05, 0.1) is 6.54 Å². The van der Waals surface area contributed by atoms with Crippen LogP contribution in [0.4, 0.5) is 5.82 Å². The highest BCUT2D eigenvalue weighted by Crippen LogP contribution is 2.14. The minimum Gasteiger partial charge on any atom is -0.347 e. The van der Waals surface area contributed by atoms with Crippen LogP contribution in [0.25, 0.3) is 0 Å². The van der Waals surface area contributed by atoms with Crippen LogP contribution in [0.2, 0.25) is 0 Å². The largest absolute Gasteiger partial charge is 0.347 e. The molecular weight excluding hydrogens is 230 g/mol. The molecule has 1 aliphatic heterocycles. The number of carbonyl (C=O) groups excluding carboxylic acids is 2. The SMILES string of the molecule is CC(=O)c1ccc(N2CCCN(C)C(=O)C2)nc1. The standard InChI is InChI=1S/C13H17N3O2/c1-10(17)11-4-5-12(14-8-11)16-7-3-6-15(2)13(18)9-16/h4-5,8H,3,6-7,9H2,1-2H3. The van der Waals surface area contributed by atoms with Gasteiger partial charge in [-0.25, -0.2) is 4.98 Å². The predicted molar refractivity (Wildman–Crippen MR) is 68.7 cm³/mol. The first-order valence-electron chi connectivity index (χ1n) is 6.04. The van der Waals surface area contributed by atoms with E-state index < -0.39 is 0 Å². The van der Waals surface area contributed by atoms with Crippen molar-refractivity contribution in [3.63, 3.8) is 0 Å². The molecule has 1 aromatic heterocycles. The molecule has 0 N–H and O–H groups in total. The molecule has 5 heteroatoms. The van der Waals surface area contributed by atoms with Gasteiger partial charge in [0, 0.05) is 31.9 Å². The Morgan fingerprint density at radius 3 is 2.72 bits per heavy atom. The minimum atomic E-state index is 0.000672. The van der Waals surface area contributed by atoms with Crippen LogP contribution in [-0.2, 0) is 4.79 Å². The average Bonchev–Trinajstić information content (AvgIpc) is 2.52. The van der Waals surface area contributed by atoms with E-state index in [9.17, 15) is 9.59 Å². The van der Waals surface area contributed by atoms with Gasteiger partial charge < -0.3 is 9.80 Å². The molecule has 0 radical (unpaired) electrons. The maximum absolute atomic E-state index is 11.8. The number of amides is 1. The van der Waals surface area contributed by atoms with Gasteiger partial charge in [0.15, 0.2) is 5.78 Å². The van der Waals surface area contributed by atoms with Crippen molar-refractivity contribution in [3.8, 4) is 0 Å². The number of rotatable bonds is 2. The molecule has 0 unspecified atom stereocenters. The molecule has 5 nitrogen and oxygen atoms in total. The Morgan fingerprint density at radius 1 is 1.33 bits per heavy atom. The second-order valence-corrected chi connectivity index (χ2v) is 4.55. The average molecular weight is 247 g/mol. The van der Waals surface area contributed by atoms with E-state index in [0.29, 0.717) is 12.1 Å². The molecule has 2 heterocycles. The molecular formula is C13H17N3O2. The van der Waals surface area contributed by atoms with Crippen molar-refractivity contribution >= 4 is 17.5 Å². The Kier molecular flexibility index (Phi) is 3.60. The molecule has 0 aliphatic carbocycles. The van der Waals surface area contributed by atoms with Crippen LogP contribution in [0, 0.1) is 0 Å². The van der Waals surface area contributed by atoms with Crippen molar-refractivity contribution in [2.24, 2.45) is 0 Å².